The molecular formula is C33H33N3O. The van der Waals surface area contributed by atoms with Crippen molar-refractivity contribution in [3.8, 4) is 5.75 Å². The number of hydrogen-bond donors (Lipinski definition) is 0. The molecule has 0 saturated carbocycles. The Bertz CT molecular complexity index is 1570. The van der Waals surface area contributed by atoms with Gasteiger partial charge in [0.2, 0.25) is 5.72 Å². The third-order valence-electron chi connectivity index (χ3n) is 8.48. The highest BCUT2D eigenvalue weighted by molar-refractivity contribution is 6.07. The molecule has 0 saturated heterocycles. The second-order valence-corrected chi connectivity index (χ2v) is 11.5. The molecule has 1 spiro atoms. The number of para-hydroxylation sites is 2. The van der Waals surface area contributed by atoms with Crippen LogP contribution in [0.1, 0.15) is 38.8 Å². The minimum atomic E-state index is -0.698. The van der Waals surface area contributed by atoms with E-state index in [4.69, 9.17) is 9.73 Å². The minimum absolute atomic E-state index is 0.286. The van der Waals surface area contributed by atoms with Crippen LogP contribution in [0.2, 0.25) is 0 Å². The van der Waals surface area contributed by atoms with Gasteiger partial charge in [0.05, 0.1) is 17.3 Å². The fourth-order valence-corrected chi connectivity index (χ4v) is 6.64. The summed E-state index contributed by atoms with van der Waals surface area (Å²) in [6, 6.07) is 28.4. The van der Waals surface area contributed by atoms with Crippen LogP contribution < -0.4 is 14.5 Å². The van der Waals surface area contributed by atoms with Crippen LogP contribution in [-0.4, -0.2) is 25.0 Å². The smallest absolute Gasteiger partial charge is 0.228 e. The van der Waals surface area contributed by atoms with Crippen LogP contribution in [-0.2, 0) is 11.8 Å². The quantitative estimate of drug-likeness (QED) is 0.295. The molecule has 0 bridgehead atoms. The van der Waals surface area contributed by atoms with Gasteiger partial charge < -0.3 is 14.5 Å². The van der Waals surface area contributed by atoms with Gasteiger partial charge >= 0.3 is 0 Å². The summed E-state index contributed by atoms with van der Waals surface area (Å²) in [4.78, 5) is 10.1. The van der Waals surface area contributed by atoms with Crippen molar-refractivity contribution in [3.05, 3.63) is 90.0 Å². The van der Waals surface area contributed by atoms with Gasteiger partial charge in [-0.2, -0.15) is 0 Å². The Morgan fingerprint density at radius 2 is 1.57 bits per heavy atom. The Balaban J connectivity index is 1.43. The van der Waals surface area contributed by atoms with E-state index < -0.39 is 5.72 Å². The van der Waals surface area contributed by atoms with Crippen LogP contribution in [0, 0.1) is 5.92 Å². The lowest BCUT2D eigenvalue weighted by Gasteiger charge is -2.47. The molecule has 1 unspecified atom stereocenters. The molecule has 3 aliphatic heterocycles. The van der Waals surface area contributed by atoms with E-state index in [1.54, 1.807) is 0 Å². The van der Waals surface area contributed by atoms with Gasteiger partial charge in [-0.3, -0.25) is 4.99 Å². The summed E-state index contributed by atoms with van der Waals surface area (Å²) in [6.07, 6.45) is 3.13. The second kappa shape index (κ2) is 7.85. The Morgan fingerprint density at radius 1 is 0.865 bits per heavy atom. The second-order valence-electron chi connectivity index (χ2n) is 11.5. The standard InChI is InChI=1S/C33H33N3O/c1-22(2)20-36-28-16-10-8-14-26(28)32(3,4)33(36)21-34-31-25-13-7-6-12-24(25)29(19-30(31)37-33)35-18-17-23-11-5-9-15-27(23)35/h5-16,19,21-22H,17-18,20H2,1-4H3. The zero-order valence-corrected chi connectivity index (χ0v) is 22.0. The number of fused-ring (bicyclic) bond motifs is 5. The summed E-state index contributed by atoms with van der Waals surface area (Å²) in [6.45, 7) is 11.0. The topological polar surface area (TPSA) is 28.1 Å². The lowest BCUT2D eigenvalue weighted by atomic mass is 9.77. The van der Waals surface area contributed by atoms with E-state index in [0.29, 0.717) is 5.92 Å². The first-order valence-electron chi connectivity index (χ1n) is 13.4. The molecule has 0 fully saturated rings. The van der Waals surface area contributed by atoms with Crippen LogP contribution in [0.3, 0.4) is 0 Å². The average molecular weight is 488 g/mol. The van der Waals surface area contributed by atoms with Crippen LogP contribution in [0.5, 0.6) is 5.75 Å². The Hall–Kier alpha value is -3.79. The minimum Gasteiger partial charge on any atom is -0.459 e. The molecule has 0 aromatic heterocycles. The molecule has 4 aromatic rings. The normalized spacial score (nSPS) is 20.9. The molecule has 0 radical (unpaired) electrons. The van der Waals surface area contributed by atoms with Gasteiger partial charge in [0.1, 0.15) is 5.69 Å². The van der Waals surface area contributed by atoms with Crippen molar-refractivity contribution in [2.24, 2.45) is 10.9 Å². The number of aliphatic imine (C=N–C) groups is 1. The number of anilines is 3. The van der Waals surface area contributed by atoms with E-state index in [1.165, 1.54) is 33.6 Å². The Labute approximate surface area is 219 Å². The lowest BCUT2D eigenvalue weighted by molar-refractivity contribution is 0.0757. The van der Waals surface area contributed by atoms with E-state index in [2.05, 4.69) is 123 Å². The molecule has 37 heavy (non-hydrogen) atoms. The van der Waals surface area contributed by atoms with Gasteiger partial charge in [0.25, 0.3) is 0 Å². The number of rotatable bonds is 3. The van der Waals surface area contributed by atoms with Gasteiger partial charge in [0, 0.05) is 41.3 Å². The molecule has 1 atom stereocenters. The number of hydrogen-bond acceptors (Lipinski definition) is 4. The van der Waals surface area contributed by atoms with E-state index >= 15 is 0 Å². The van der Waals surface area contributed by atoms with Gasteiger partial charge in [-0.1, -0.05) is 74.5 Å². The van der Waals surface area contributed by atoms with Crippen molar-refractivity contribution in [2.75, 3.05) is 22.9 Å². The highest BCUT2D eigenvalue weighted by atomic mass is 16.5. The summed E-state index contributed by atoms with van der Waals surface area (Å²) < 4.78 is 7.24. The van der Waals surface area contributed by atoms with Crippen molar-refractivity contribution < 1.29 is 4.74 Å². The molecule has 4 aromatic carbocycles. The first-order valence-corrected chi connectivity index (χ1v) is 13.4. The van der Waals surface area contributed by atoms with Crippen LogP contribution >= 0.6 is 0 Å². The van der Waals surface area contributed by atoms with Crippen molar-refractivity contribution >= 4 is 39.7 Å². The maximum Gasteiger partial charge on any atom is 0.228 e. The maximum atomic E-state index is 7.24. The van der Waals surface area contributed by atoms with Crippen molar-refractivity contribution in [1.29, 1.82) is 0 Å². The number of nitrogens with zero attached hydrogens (tertiary/aromatic N) is 3. The van der Waals surface area contributed by atoms with Crippen molar-refractivity contribution in [2.45, 2.75) is 45.3 Å². The Kier molecular flexibility index (Phi) is 4.76. The molecule has 0 N–H and O–H groups in total. The lowest BCUT2D eigenvalue weighted by Crippen LogP contribution is -2.62. The third-order valence-corrected chi connectivity index (χ3v) is 8.48. The molecule has 3 aliphatic rings. The molecule has 7 rings (SSSR count). The monoisotopic (exact) mass is 487 g/mol. The Morgan fingerprint density at radius 3 is 2.38 bits per heavy atom. The first-order chi connectivity index (χ1) is 17.9. The van der Waals surface area contributed by atoms with Crippen molar-refractivity contribution in [1.82, 2.24) is 0 Å². The largest absolute Gasteiger partial charge is 0.459 e. The molecule has 4 nitrogen and oxygen atoms in total. The van der Waals surface area contributed by atoms with Crippen LogP contribution in [0.15, 0.2) is 83.9 Å². The number of ether oxygens (including phenoxy) is 1. The predicted octanol–water partition coefficient (Wildman–Crippen LogP) is 7.78. The molecule has 0 aliphatic carbocycles. The van der Waals surface area contributed by atoms with Gasteiger partial charge in [-0.05, 0) is 49.4 Å². The van der Waals surface area contributed by atoms with Gasteiger partial charge in [0.15, 0.2) is 5.75 Å². The zero-order valence-electron chi connectivity index (χ0n) is 22.0. The number of benzene rings is 4. The van der Waals surface area contributed by atoms with E-state index in [-0.39, 0.29) is 5.41 Å². The average Bonchev–Trinajstić information content (AvgIpc) is 3.40. The highest BCUT2D eigenvalue weighted by Gasteiger charge is 2.59. The summed E-state index contributed by atoms with van der Waals surface area (Å²) >= 11 is 0. The summed E-state index contributed by atoms with van der Waals surface area (Å²) in [7, 11) is 0. The summed E-state index contributed by atoms with van der Waals surface area (Å²) in [5.74, 6) is 1.33. The van der Waals surface area contributed by atoms with Gasteiger partial charge in [-0.25, -0.2) is 0 Å². The maximum absolute atomic E-state index is 7.24. The molecule has 186 valence electrons. The first kappa shape index (κ1) is 22.4. The fraction of sp³-hybridized carbons (Fsp3) is 0.303. The van der Waals surface area contributed by atoms with E-state index in [9.17, 15) is 0 Å². The SMILES string of the molecule is CC(C)CN1c2ccccc2C(C)(C)C12C=Nc1c(cc(N3CCc4ccccc43)c3ccccc13)O2. The molecular weight excluding hydrogens is 454 g/mol. The molecule has 3 heterocycles. The highest BCUT2D eigenvalue weighted by Crippen LogP contribution is 2.56. The summed E-state index contributed by atoms with van der Waals surface area (Å²) in [5.41, 5.74) is 6.36. The van der Waals surface area contributed by atoms with E-state index in [0.717, 1.165) is 36.3 Å². The van der Waals surface area contributed by atoms with Crippen LogP contribution in [0.25, 0.3) is 10.8 Å². The van der Waals surface area contributed by atoms with Crippen LogP contribution in [0.4, 0.5) is 22.7 Å². The molecule has 0 amide bonds. The van der Waals surface area contributed by atoms with Gasteiger partial charge in [-0.15, -0.1) is 0 Å². The third kappa shape index (κ3) is 3.05. The van der Waals surface area contributed by atoms with E-state index in [1.807, 2.05) is 0 Å². The molecule has 4 heteroatoms. The fourth-order valence-electron chi connectivity index (χ4n) is 6.64. The predicted molar refractivity (Wildman–Crippen MR) is 154 cm³/mol. The summed E-state index contributed by atoms with van der Waals surface area (Å²) in [5, 5.41) is 2.34. The van der Waals surface area contributed by atoms with Crippen molar-refractivity contribution in [3.63, 3.8) is 0 Å². The zero-order chi connectivity index (χ0) is 25.4.